The highest BCUT2D eigenvalue weighted by Gasteiger charge is 2.36. The Labute approximate surface area is 204 Å². The van der Waals surface area contributed by atoms with Gasteiger partial charge >= 0.3 is 6.09 Å². The molecule has 0 radical (unpaired) electrons. The van der Waals surface area contributed by atoms with Crippen LogP contribution in [-0.2, 0) is 4.74 Å². The van der Waals surface area contributed by atoms with Crippen molar-refractivity contribution in [3.63, 3.8) is 0 Å². The first-order valence-electron chi connectivity index (χ1n) is 12.1. The van der Waals surface area contributed by atoms with Gasteiger partial charge in [-0.25, -0.2) is 9.31 Å². The molecular weight excluding hydrogens is 448 g/mol. The van der Waals surface area contributed by atoms with Gasteiger partial charge in [-0.2, -0.15) is 10.1 Å². The molecule has 188 valence electrons. The van der Waals surface area contributed by atoms with Gasteiger partial charge < -0.3 is 20.7 Å². The Kier molecular flexibility index (Phi) is 6.68. The van der Waals surface area contributed by atoms with Crippen molar-refractivity contribution in [2.75, 3.05) is 18.8 Å². The number of ether oxygens (including phenoxy) is 1. The monoisotopic (exact) mass is 482 g/mol. The fourth-order valence-corrected chi connectivity index (χ4v) is 4.14. The number of carbonyl (C=O) groups is 2. The van der Waals surface area contributed by atoms with E-state index in [1.807, 2.05) is 38.6 Å². The Hall–Kier alpha value is -3.63. The summed E-state index contributed by atoms with van der Waals surface area (Å²) in [5.41, 5.74) is 7.71. The average molecular weight is 483 g/mol. The molecule has 1 saturated heterocycles. The smallest absolute Gasteiger partial charge is 0.410 e. The molecule has 11 nitrogen and oxygen atoms in total. The Morgan fingerprint density at radius 3 is 2.69 bits per heavy atom. The molecule has 0 unspecified atom stereocenters. The number of hydrogen-bond donors (Lipinski definition) is 2. The Bertz CT molecular complexity index is 1220. The molecule has 3 aromatic rings. The molecule has 0 aromatic carbocycles. The molecule has 4 rings (SSSR count). The highest BCUT2D eigenvalue weighted by molar-refractivity contribution is 6.01. The number of nitrogen functional groups attached to an aromatic ring is 1. The summed E-state index contributed by atoms with van der Waals surface area (Å²) in [7, 11) is 0. The first-order valence-corrected chi connectivity index (χ1v) is 12.1. The number of hydrogen-bond acceptors (Lipinski definition) is 7. The van der Waals surface area contributed by atoms with Crippen LogP contribution in [0, 0.1) is 0 Å². The third-order valence-electron chi connectivity index (χ3n) is 6.33. The number of carbonyl (C=O) groups excluding carboxylic acids is 2. The Balaban J connectivity index is 1.50. The number of amides is 2. The third kappa shape index (κ3) is 5.23. The van der Waals surface area contributed by atoms with E-state index in [-0.39, 0.29) is 30.0 Å². The van der Waals surface area contributed by atoms with E-state index in [4.69, 9.17) is 10.5 Å². The summed E-state index contributed by atoms with van der Waals surface area (Å²) < 4.78 is 9.01. The van der Waals surface area contributed by atoms with Gasteiger partial charge in [-0.3, -0.25) is 9.48 Å². The summed E-state index contributed by atoms with van der Waals surface area (Å²) in [5, 5.41) is 11.7. The Morgan fingerprint density at radius 2 is 2.00 bits per heavy atom. The largest absolute Gasteiger partial charge is 0.443 e. The predicted molar refractivity (Wildman–Crippen MR) is 132 cm³/mol. The number of pyridine rings is 1. The fraction of sp³-hybridized carbons (Fsp3) is 0.542. The zero-order valence-electron chi connectivity index (χ0n) is 21.0. The van der Waals surface area contributed by atoms with E-state index in [0.29, 0.717) is 24.3 Å². The van der Waals surface area contributed by atoms with Gasteiger partial charge in [0, 0.05) is 42.7 Å². The Morgan fingerprint density at radius 1 is 1.26 bits per heavy atom. The molecule has 0 spiro atoms. The first-order chi connectivity index (χ1) is 16.6. The lowest BCUT2D eigenvalue weighted by atomic mass is 10.0. The van der Waals surface area contributed by atoms with Gasteiger partial charge in [-0.05, 0) is 39.7 Å². The van der Waals surface area contributed by atoms with Crippen LogP contribution in [0.4, 0.5) is 10.7 Å². The zero-order valence-corrected chi connectivity index (χ0v) is 21.0. The van der Waals surface area contributed by atoms with Crippen molar-refractivity contribution in [2.45, 2.75) is 71.6 Å². The number of rotatable bonds is 8. The maximum absolute atomic E-state index is 12.9. The molecule has 1 aliphatic heterocycles. The molecule has 0 aliphatic carbocycles. The molecule has 1 aliphatic rings. The fourth-order valence-electron chi connectivity index (χ4n) is 4.14. The second-order valence-electron chi connectivity index (χ2n) is 9.81. The summed E-state index contributed by atoms with van der Waals surface area (Å²) in [4.78, 5) is 31.3. The molecule has 1 atom stereocenters. The molecule has 3 aromatic heterocycles. The van der Waals surface area contributed by atoms with E-state index in [9.17, 15) is 9.59 Å². The highest BCUT2D eigenvalue weighted by atomic mass is 16.6. The zero-order chi connectivity index (χ0) is 25.3. The molecule has 1 fully saturated rings. The van der Waals surface area contributed by atoms with Crippen molar-refractivity contribution in [3.8, 4) is 11.1 Å². The van der Waals surface area contributed by atoms with E-state index in [1.165, 1.54) is 4.52 Å². The normalized spacial score (nSPS) is 15.2. The van der Waals surface area contributed by atoms with Gasteiger partial charge in [0.2, 0.25) is 5.95 Å². The van der Waals surface area contributed by atoms with Crippen molar-refractivity contribution in [3.05, 3.63) is 30.2 Å². The van der Waals surface area contributed by atoms with Gasteiger partial charge in [0.15, 0.2) is 5.65 Å². The highest BCUT2D eigenvalue weighted by Crippen LogP contribution is 2.28. The van der Waals surface area contributed by atoms with E-state index in [1.54, 1.807) is 23.4 Å². The van der Waals surface area contributed by atoms with Crippen LogP contribution in [0.3, 0.4) is 0 Å². The summed E-state index contributed by atoms with van der Waals surface area (Å²) >= 11 is 0. The van der Waals surface area contributed by atoms with Crippen LogP contribution in [0.2, 0.25) is 0 Å². The number of fused-ring (bicyclic) bond motifs is 1. The van der Waals surface area contributed by atoms with Gasteiger partial charge in [0.1, 0.15) is 5.60 Å². The number of aromatic nitrogens is 5. The number of nitrogens with one attached hydrogen (secondary N) is 1. The van der Waals surface area contributed by atoms with Crippen molar-refractivity contribution >= 4 is 23.6 Å². The van der Waals surface area contributed by atoms with Crippen LogP contribution in [-0.4, -0.2) is 66.0 Å². The molecule has 35 heavy (non-hydrogen) atoms. The minimum Gasteiger partial charge on any atom is -0.443 e. The van der Waals surface area contributed by atoms with Crippen LogP contribution in [0.1, 0.15) is 70.3 Å². The van der Waals surface area contributed by atoms with E-state index in [2.05, 4.69) is 27.4 Å². The summed E-state index contributed by atoms with van der Waals surface area (Å²) in [6.45, 7) is 11.0. The van der Waals surface area contributed by atoms with Crippen molar-refractivity contribution in [2.24, 2.45) is 0 Å². The lowest BCUT2D eigenvalue weighted by Gasteiger charge is -2.40. The van der Waals surface area contributed by atoms with Gasteiger partial charge in [-0.1, -0.05) is 20.3 Å². The molecule has 0 bridgehead atoms. The first kappa shape index (κ1) is 24.5. The standard InChI is InChI=1S/C24H34N8O3/c1-6-8-24(4,5)35-23(34)30-13-18(14-30)31-12-17(10-26-31)16-9-19(21(33)27-15(3)7-2)20-28-22(25)29-32(20)11-16/h9-12,15,18H,6-8,13-14H2,1-5H3,(H2,25,29)(H,27,33)/t15-/m0/s1. The van der Waals surface area contributed by atoms with Gasteiger partial charge in [-0.15, -0.1) is 5.10 Å². The number of nitrogens with zero attached hydrogens (tertiary/aromatic N) is 6. The molecule has 3 N–H and O–H groups in total. The number of likely N-dealkylation sites (tertiary alicyclic amines) is 1. The third-order valence-corrected chi connectivity index (χ3v) is 6.33. The van der Waals surface area contributed by atoms with Crippen molar-refractivity contribution in [1.29, 1.82) is 0 Å². The van der Waals surface area contributed by atoms with E-state index in [0.717, 1.165) is 30.4 Å². The van der Waals surface area contributed by atoms with Crippen LogP contribution in [0.25, 0.3) is 16.8 Å². The van der Waals surface area contributed by atoms with Crippen LogP contribution < -0.4 is 11.1 Å². The maximum Gasteiger partial charge on any atom is 0.410 e. The summed E-state index contributed by atoms with van der Waals surface area (Å²) in [5.74, 6) is -0.135. The van der Waals surface area contributed by atoms with Crippen LogP contribution >= 0.6 is 0 Å². The molecular formula is C24H34N8O3. The van der Waals surface area contributed by atoms with Crippen LogP contribution in [0.15, 0.2) is 24.7 Å². The number of anilines is 1. The van der Waals surface area contributed by atoms with Gasteiger partial charge in [0.05, 0.1) is 17.8 Å². The lowest BCUT2D eigenvalue weighted by Crippen LogP contribution is -2.52. The topological polar surface area (TPSA) is 133 Å². The predicted octanol–water partition coefficient (Wildman–Crippen LogP) is 3.28. The van der Waals surface area contributed by atoms with E-state index < -0.39 is 5.60 Å². The SMILES string of the molecule is CCCC(C)(C)OC(=O)N1CC(n2cc(-c3cc(C(=O)N[C@@H](C)CC)c4nc(N)nn4c3)cn2)C1. The lowest BCUT2D eigenvalue weighted by molar-refractivity contribution is -0.0132. The summed E-state index contributed by atoms with van der Waals surface area (Å²) in [6.07, 6.45) is 7.71. The quantitative estimate of drug-likeness (QED) is 0.503. The van der Waals surface area contributed by atoms with Crippen molar-refractivity contribution < 1.29 is 14.3 Å². The number of nitrogens with two attached hydrogens (primary N) is 1. The molecule has 11 heteroatoms. The van der Waals surface area contributed by atoms with Crippen LogP contribution in [0.5, 0.6) is 0 Å². The molecule has 2 amide bonds. The second kappa shape index (κ2) is 9.55. The van der Waals surface area contributed by atoms with Gasteiger partial charge in [0.25, 0.3) is 5.91 Å². The maximum atomic E-state index is 12.9. The summed E-state index contributed by atoms with van der Waals surface area (Å²) in [6, 6.07) is 1.86. The van der Waals surface area contributed by atoms with Crippen molar-refractivity contribution in [1.82, 2.24) is 34.6 Å². The minimum absolute atomic E-state index is 0.0232. The average Bonchev–Trinajstić information content (AvgIpc) is 3.37. The van der Waals surface area contributed by atoms with E-state index >= 15 is 0 Å². The second-order valence-corrected chi connectivity index (χ2v) is 9.81. The minimum atomic E-state index is -0.474. The molecule has 0 saturated carbocycles. The molecule has 4 heterocycles.